The Kier molecular flexibility index (Phi) is 4.96. The number of piperidine rings is 1. The third-order valence-corrected chi connectivity index (χ3v) is 5.91. The Morgan fingerprint density at radius 3 is 2.69 bits per heavy atom. The van der Waals surface area contributed by atoms with Crippen molar-refractivity contribution in [2.45, 2.75) is 51.0 Å². The van der Waals surface area contributed by atoms with Gasteiger partial charge in [-0.15, -0.1) is 0 Å². The van der Waals surface area contributed by atoms with Gasteiger partial charge in [-0.2, -0.15) is 0 Å². The van der Waals surface area contributed by atoms with Gasteiger partial charge in [-0.1, -0.05) is 18.6 Å². The summed E-state index contributed by atoms with van der Waals surface area (Å²) in [5, 5.41) is 9.55. The van der Waals surface area contributed by atoms with E-state index in [9.17, 15) is 9.90 Å². The number of benzene rings is 1. The molecule has 2 aliphatic rings. The minimum absolute atomic E-state index is 0.145. The van der Waals surface area contributed by atoms with Crippen LogP contribution in [0.1, 0.15) is 49.4 Å². The number of hydrogen-bond donors (Lipinski definition) is 1. The van der Waals surface area contributed by atoms with Gasteiger partial charge in [0.05, 0.1) is 6.42 Å². The third kappa shape index (κ3) is 3.76. The molecule has 1 aromatic carbocycles. The molecule has 0 spiro atoms. The largest absolute Gasteiger partial charge is 0.508 e. The molecule has 1 amide bonds. The van der Waals surface area contributed by atoms with Gasteiger partial charge in [-0.3, -0.25) is 4.79 Å². The Bertz CT molecular complexity index is 758. The Balaban J connectivity index is 1.32. The molecule has 4 rings (SSSR count). The van der Waals surface area contributed by atoms with Crippen LogP contribution in [0.5, 0.6) is 5.75 Å². The van der Waals surface area contributed by atoms with E-state index in [-0.39, 0.29) is 11.7 Å². The summed E-state index contributed by atoms with van der Waals surface area (Å²) in [6.07, 6.45) is 10.4. The number of carbonyl (C=O) groups excluding carboxylic acids is 1. The molecule has 138 valence electrons. The van der Waals surface area contributed by atoms with Gasteiger partial charge in [-0.05, 0) is 49.3 Å². The van der Waals surface area contributed by atoms with Gasteiger partial charge >= 0.3 is 0 Å². The maximum atomic E-state index is 12.6. The van der Waals surface area contributed by atoms with Crippen molar-refractivity contribution in [3.63, 3.8) is 0 Å². The number of hydrogen-bond acceptors (Lipinski definition) is 3. The van der Waals surface area contributed by atoms with Gasteiger partial charge in [0, 0.05) is 37.9 Å². The Labute approximate surface area is 154 Å². The molecule has 0 bridgehead atoms. The number of carbonyl (C=O) groups is 1. The van der Waals surface area contributed by atoms with E-state index >= 15 is 0 Å². The lowest BCUT2D eigenvalue weighted by molar-refractivity contribution is -0.131. The summed E-state index contributed by atoms with van der Waals surface area (Å²) in [6.45, 7) is 2.68. The molecule has 2 fully saturated rings. The zero-order valence-corrected chi connectivity index (χ0v) is 15.2. The fourth-order valence-corrected chi connectivity index (χ4v) is 4.13. The molecule has 0 radical (unpaired) electrons. The number of phenols is 1. The van der Waals surface area contributed by atoms with Crippen LogP contribution in [0.3, 0.4) is 0 Å². The maximum absolute atomic E-state index is 12.6. The minimum Gasteiger partial charge on any atom is -0.508 e. The van der Waals surface area contributed by atoms with Gasteiger partial charge in [-0.25, -0.2) is 4.98 Å². The van der Waals surface area contributed by atoms with Gasteiger partial charge in [0.1, 0.15) is 11.6 Å². The van der Waals surface area contributed by atoms with Crippen molar-refractivity contribution < 1.29 is 9.90 Å². The van der Waals surface area contributed by atoms with Crippen LogP contribution >= 0.6 is 0 Å². The highest BCUT2D eigenvalue weighted by Gasteiger charge is 2.27. The number of nitrogens with zero attached hydrogens (tertiary/aromatic N) is 3. The monoisotopic (exact) mass is 353 g/mol. The Morgan fingerprint density at radius 1 is 1.19 bits per heavy atom. The number of aromatic nitrogens is 2. The highest BCUT2D eigenvalue weighted by Crippen LogP contribution is 2.31. The average molecular weight is 353 g/mol. The van der Waals surface area contributed by atoms with E-state index < -0.39 is 0 Å². The molecule has 5 heteroatoms. The second-order valence-electron chi connectivity index (χ2n) is 7.74. The molecule has 2 heterocycles. The van der Waals surface area contributed by atoms with Crippen LogP contribution in [0.2, 0.25) is 0 Å². The molecule has 1 aliphatic heterocycles. The van der Waals surface area contributed by atoms with Crippen LogP contribution < -0.4 is 0 Å². The van der Waals surface area contributed by atoms with Crippen LogP contribution in [0, 0.1) is 5.92 Å². The first-order valence-electron chi connectivity index (χ1n) is 9.76. The smallest absolute Gasteiger partial charge is 0.226 e. The fraction of sp³-hybridized carbons (Fsp3) is 0.524. The molecule has 2 aromatic rings. The molecule has 1 saturated heterocycles. The number of likely N-dealkylation sites (tertiary alicyclic amines) is 1. The van der Waals surface area contributed by atoms with Crippen LogP contribution in [0.15, 0.2) is 36.7 Å². The fourth-order valence-electron chi connectivity index (χ4n) is 4.13. The lowest BCUT2D eigenvalue weighted by Gasteiger charge is -2.33. The molecule has 26 heavy (non-hydrogen) atoms. The molecule has 5 nitrogen and oxygen atoms in total. The lowest BCUT2D eigenvalue weighted by atomic mass is 9.85. The van der Waals surface area contributed by atoms with Crippen LogP contribution in [0.4, 0.5) is 0 Å². The summed E-state index contributed by atoms with van der Waals surface area (Å²) in [5.41, 5.74) is 0.869. The van der Waals surface area contributed by atoms with Crippen molar-refractivity contribution in [1.29, 1.82) is 0 Å². The van der Waals surface area contributed by atoms with Gasteiger partial charge in [0.25, 0.3) is 0 Å². The first kappa shape index (κ1) is 17.1. The van der Waals surface area contributed by atoms with E-state index in [4.69, 9.17) is 0 Å². The van der Waals surface area contributed by atoms with E-state index in [2.05, 4.69) is 15.7 Å². The third-order valence-electron chi connectivity index (χ3n) is 5.91. The highest BCUT2D eigenvalue weighted by atomic mass is 16.3. The van der Waals surface area contributed by atoms with Crippen molar-refractivity contribution in [3.05, 3.63) is 48.0 Å². The molecular weight excluding hydrogens is 326 g/mol. The number of phenolic OH excluding ortho intramolecular Hbond substituents is 1. The van der Waals surface area contributed by atoms with Crippen molar-refractivity contribution in [3.8, 4) is 5.75 Å². The van der Waals surface area contributed by atoms with E-state index in [1.807, 2.05) is 17.2 Å². The number of rotatable bonds is 5. The van der Waals surface area contributed by atoms with Gasteiger partial charge < -0.3 is 14.6 Å². The maximum Gasteiger partial charge on any atom is 0.226 e. The zero-order chi connectivity index (χ0) is 17.9. The molecule has 0 atom stereocenters. The number of imidazole rings is 1. The molecular formula is C21H27N3O2. The second-order valence-corrected chi connectivity index (χ2v) is 7.74. The summed E-state index contributed by atoms with van der Waals surface area (Å²) in [6, 6.07) is 6.97. The summed E-state index contributed by atoms with van der Waals surface area (Å²) in [7, 11) is 0. The molecule has 1 aliphatic carbocycles. The SMILES string of the molecule is O=C(Cc1cccc(O)c1)N1CCC(c2nccn2CC2CCC2)CC1. The van der Waals surface area contributed by atoms with Gasteiger partial charge in [0.15, 0.2) is 0 Å². The normalized spacial score (nSPS) is 18.7. The first-order chi connectivity index (χ1) is 12.7. The van der Waals surface area contributed by atoms with E-state index in [1.165, 1.54) is 25.1 Å². The topological polar surface area (TPSA) is 58.4 Å². The predicted molar refractivity (Wildman–Crippen MR) is 99.9 cm³/mol. The van der Waals surface area contributed by atoms with Crippen LogP contribution in [-0.2, 0) is 17.8 Å². The van der Waals surface area contributed by atoms with Crippen molar-refractivity contribution in [2.24, 2.45) is 5.92 Å². The van der Waals surface area contributed by atoms with Crippen molar-refractivity contribution in [1.82, 2.24) is 14.5 Å². The second kappa shape index (κ2) is 7.52. The standard InChI is InChI=1S/C21H27N3O2/c25-19-6-2-5-17(13-19)14-20(26)23-10-7-18(8-11-23)21-22-9-12-24(21)15-16-3-1-4-16/h2,5-6,9,12-13,16,18,25H,1,3-4,7-8,10-11,14-15H2. The summed E-state index contributed by atoms with van der Waals surface area (Å²) < 4.78 is 2.35. The quantitative estimate of drug-likeness (QED) is 0.897. The summed E-state index contributed by atoms with van der Waals surface area (Å²) >= 11 is 0. The minimum atomic E-state index is 0.145. The predicted octanol–water partition coefficient (Wildman–Crippen LogP) is 3.34. The summed E-state index contributed by atoms with van der Waals surface area (Å²) in [5.74, 6) is 2.85. The number of aromatic hydroxyl groups is 1. The Hall–Kier alpha value is -2.30. The summed E-state index contributed by atoms with van der Waals surface area (Å²) in [4.78, 5) is 19.1. The Morgan fingerprint density at radius 2 is 2.00 bits per heavy atom. The molecule has 1 aromatic heterocycles. The lowest BCUT2D eigenvalue weighted by Crippen LogP contribution is -2.39. The van der Waals surface area contributed by atoms with Crippen LogP contribution in [-0.4, -0.2) is 38.6 Å². The zero-order valence-electron chi connectivity index (χ0n) is 15.2. The van der Waals surface area contributed by atoms with Crippen molar-refractivity contribution >= 4 is 5.91 Å². The average Bonchev–Trinajstić information content (AvgIpc) is 3.06. The van der Waals surface area contributed by atoms with E-state index in [1.54, 1.807) is 18.2 Å². The molecule has 0 unspecified atom stereocenters. The highest BCUT2D eigenvalue weighted by molar-refractivity contribution is 5.79. The van der Waals surface area contributed by atoms with E-state index in [0.717, 1.165) is 44.0 Å². The van der Waals surface area contributed by atoms with Crippen LogP contribution in [0.25, 0.3) is 0 Å². The van der Waals surface area contributed by atoms with E-state index in [0.29, 0.717) is 12.3 Å². The van der Waals surface area contributed by atoms with Gasteiger partial charge in [0.2, 0.25) is 5.91 Å². The number of amides is 1. The molecule has 1 N–H and O–H groups in total. The first-order valence-corrected chi connectivity index (χ1v) is 9.76. The van der Waals surface area contributed by atoms with Crippen molar-refractivity contribution in [2.75, 3.05) is 13.1 Å². The molecule has 1 saturated carbocycles.